The van der Waals surface area contributed by atoms with Gasteiger partial charge in [0, 0.05) is 5.56 Å². The van der Waals surface area contributed by atoms with Crippen LogP contribution in [-0.2, 0) is 10.2 Å². The monoisotopic (exact) mass is 373 g/mol. The van der Waals surface area contributed by atoms with E-state index in [9.17, 15) is 22.2 Å². The van der Waals surface area contributed by atoms with Gasteiger partial charge in [0.05, 0.1) is 10.2 Å². The van der Waals surface area contributed by atoms with Crippen LogP contribution >= 0.6 is 15.9 Å². The molecule has 2 N–H and O–H groups in total. The molecule has 0 spiro atoms. The number of anilines is 1. The lowest BCUT2D eigenvalue weighted by Gasteiger charge is -2.09. The highest BCUT2D eigenvalue weighted by molar-refractivity contribution is 9.10. The molecule has 0 bridgehead atoms. The van der Waals surface area contributed by atoms with E-state index in [4.69, 9.17) is 0 Å². The number of hydrogen-bond acceptors (Lipinski definition) is 4. The largest absolute Gasteiger partial charge is 0.507 e. The lowest BCUT2D eigenvalue weighted by atomic mass is 10.2. The molecule has 0 heterocycles. The second kappa shape index (κ2) is 5.82. The minimum Gasteiger partial charge on any atom is -0.507 e. The Kier molecular flexibility index (Phi) is 4.29. The molecule has 110 valence electrons. The van der Waals surface area contributed by atoms with Crippen molar-refractivity contribution in [3.05, 3.63) is 52.5 Å². The molecule has 0 unspecified atom stereocenters. The number of amides is 1. The van der Waals surface area contributed by atoms with Crippen molar-refractivity contribution in [1.82, 2.24) is 0 Å². The van der Waals surface area contributed by atoms with E-state index in [0.717, 1.165) is 6.07 Å². The van der Waals surface area contributed by atoms with E-state index in [2.05, 4.69) is 21.2 Å². The third-order valence-corrected chi connectivity index (χ3v) is 4.16. The smallest absolute Gasteiger partial charge is 0.334 e. The van der Waals surface area contributed by atoms with Gasteiger partial charge in [0.2, 0.25) is 0 Å². The first-order chi connectivity index (χ1) is 9.79. The number of aromatic hydroxyl groups is 1. The summed E-state index contributed by atoms with van der Waals surface area (Å²) in [5, 5.41) is 11.8. The minimum absolute atomic E-state index is 0.0989. The molecule has 0 saturated carbocycles. The van der Waals surface area contributed by atoms with Crippen molar-refractivity contribution in [3.8, 4) is 5.75 Å². The molecule has 2 aromatic carbocycles. The van der Waals surface area contributed by atoms with Crippen molar-refractivity contribution in [3.63, 3.8) is 0 Å². The molecule has 8 heteroatoms. The van der Waals surface area contributed by atoms with Gasteiger partial charge >= 0.3 is 10.2 Å². The van der Waals surface area contributed by atoms with Crippen LogP contribution in [0, 0.1) is 0 Å². The zero-order valence-electron chi connectivity index (χ0n) is 10.4. The maximum absolute atomic E-state index is 13.1. The molecule has 5 nitrogen and oxygen atoms in total. The molecule has 0 aliphatic heterocycles. The molecule has 2 aromatic rings. The zero-order chi connectivity index (χ0) is 15.6. The minimum atomic E-state index is -4.95. The average molecular weight is 374 g/mol. The molecular formula is C13H9BrFNO4S. The first-order valence-corrected chi connectivity index (χ1v) is 7.80. The van der Waals surface area contributed by atoms with E-state index in [0.29, 0.717) is 4.47 Å². The number of hydrogen-bond donors (Lipinski definition) is 2. The number of nitrogens with one attached hydrogen (secondary N) is 1. The molecule has 0 aromatic heterocycles. The number of carbonyl (C=O) groups excluding carboxylic acids is 1. The van der Waals surface area contributed by atoms with E-state index in [1.807, 2.05) is 0 Å². The molecule has 21 heavy (non-hydrogen) atoms. The zero-order valence-corrected chi connectivity index (χ0v) is 12.8. The standard InChI is InChI=1S/C13H9BrFNO4S/c14-9-6-5-8(7-11(9)17)13(18)16-10-3-1-2-4-12(10)21(15,19)20/h1-7,17H,(H,16,18). The van der Waals surface area contributed by atoms with Crippen LogP contribution in [0.15, 0.2) is 51.8 Å². The molecule has 0 atom stereocenters. The molecule has 0 fully saturated rings. The van der Waals surface area contributed by atoms with Gasteiger partial charge in [0.1, 0.15) is 10.6 Å². The molecule has 2 rings (SSSR count). The van der Waals surface area contributed by atoms with Gasteiger partial charge < -0.3 is 10.4 Å². The van der Waals surface area contributed by atoms with Gasteiger partial charge in [-0.1, -0.05) is 12.1 Å². The number of phenols is 1. The average Bonchev–Trinajstić information content (AvgIpc) is 2.41. The van der Waals surface area contributed by atoms with Gasteiger partial charge in [0.15, 0.2) is 0 Å². The van der Waals surface area contributed by atoms with Crippen LogP contribution in [-0.4, -0.2) is 19.4 Å². The second-order valence-corrected chi connectivity index (χ2v) is 6.22. The van der Waals surface area contributed by atoms with E-state index in [-0.39, 0.29) is 17.0 Å². The Morgan fingerprint density at radius 3 is 2.48 bits per heavy atom. The summed E-state index contributed by atoms with van der Waals surface area (Å²) in [5.41, 5.74) is -0.0748. The van der Waals surface area contributed by atoms with Gasteiger partial charge in [-0.05, 0) is 46.3 Å². The first kappa shape index (κ1) is 15.5. The van der Waals surface area contributed by atoms with Crippen molar-refractivity contribution in [1.29, 1.82) is 0 Å². The maximum Gasteiger partial charge on any atom is 0.334 e. The van der Waals surface area contributed by atoms with Crippen molar-refractivity contribution >= 4 is 37.7 Å². The van der Waals surface area contributed by atoms with Crippen LogP contribution in [0.3, 0.4) is 0 Å². The third-order valence-electron chi connectivity index (χ3n) is 2.61. The van der Waals surface area contributed by atoms with Crippen LogP contribution in [0.25, 0.3) is 0 Å². The van der Waals surface area contributed by atoms with E-state index < -0.39 is 21.0 Å². The highest BCUT2D eigenvalue weighted by Crippen LogP contribution is 2.26. The van der Waals surface area contributed by atoms with Gasteiger partial charge in [0.25, 0.3) is 5.91 Å². The normalized spacial score (nSPS) is 11.1. The summed E-state index contributed by atoms with van der Waals surface area (Å²) < 4.78 is 35.5. The summed E-state index contributed by atoms with van der Waals surface area (Å²) in [5.74, 6) is -0.817. The van der Waals surface area contributed by atoms with E-state index >= 15 is 0 Å². The number of carbonyl (C=O) groups is 1. The van der Waals surface area contributed by atoms with Crippen molar-refractivity contribution in [2.24, 2.45) is 0 Å². The number of benzene rings is 2. The number of para-hydroxylation sites is 1. The molecular weight excluding hydrogens is 365 g/mol. The van der Waals surface area contributed by atoms with E-state index in [1.54, 1.807) is 0 Å². The summed E-state index contributed by atoms with van der Waals surface area (Å²) in [4.78, 5) is 11.4. The maximum atomic E-state index is 13.1. The van der Waals surface area contributed by atoms with E-state index in [1.165, 1.54) is 36.4 Å². The van der Waals surface area contributed by atoms with Crippen LogP contribution in [0.2, 0.25) is 0 Å². The topological polar surface area (TPSA) is 83.5 Å². The fraction of sp³-hybridized carbons (Fsp3) is 0. The molecule has 0 radical (unpaired) electrons. The molecule has 1 amide bonds. The summed E-state index contributed by atoms with van der Waals surface area (Å²) in [6.07, 6.45) is 0. The Hall–Kier alpha value is -1.93. The SMILES string of the molecule is O=C(Nc1ccccc1S(=O)(=O)F)c1ccc(Br)c(O)c1. The Bertz CT molecular complexity index is 808. The van der Waals surface area contributed by atoms with Crippen LogP contribution in [0.1, 0.15) is 10.4 Å². The number of halogens is 2. The molecule has 0 aliphatic carbocycles. The Labute approximate surface area is 128 Å². The van der Waals surface area contributed by atoms with Gasteiger partial charge in [-0.15, -0.1) is 3.89 Å². The predicted octanol–water partition coefficient (Wildman–Crippen LogP) is 3.07. The lowest BCUT2D eigenvalue weighted by Crippen LogP contribution is -2.13. The van der Waals surface area contributed by atoms with Gasteiger partial charge in [-0.3, -0.25) is 4.79 Å². The fourth-order valence-corrected chi connectivity index (χ4v) is 2.50. The van der Waals surface area contributed by atoms with Gasteiger partial charge in [-0.25, -0.2) is 0 Å². The highest BCUT2D eigenvalue weighted by Gasteiger charge is 2.19. The van der Waals surface area contributed by atoms with Crippen LogP contribution < -0.4 is 5.32 Å². The number of phenolic OH excluding ortho intramolecular Hbond substituents is 1. The quantitative estimate of drug-likeness (QED) is 0.809. The van der Waals surface area contributed by atoms with Crippen molar-refractivity contribution in [2.45, 2.75) is 4.90 Å². The predicted molar refractivity (Wildman–Crippen MR) is 78.5 cm³/mol. The summed E-state index contributed by atoms with van der Waals surface area (Å²) in [7, 11) is -4.95. The Morgan fingerprint density at radius 2 is 1.86 bits per heavy atom. The summed E-state index contributed by atoms with van der Waals surface area (Å²) in [6.45, 7) is 0. The van der Waals surface area contributed by atoms with Crippen molar-refractivity contribution in [2.75, 3.05) is 5.32 Å². The second-order valence-electron chi connectivity index (χ2n) is 4.05. The van der Waals surface area contributed by atoms with Crippen molar-refractivity contribution < 1.29 is 22.2 Å². The number of rotatable bonds is 3. The fourth-order valence-electron chi connectivity index (χ4n) is 1.63. The van der Waals surface area contributed by atoms with Crippen LogP contribution in [0.4, 0.5) is 9.57 Å². The summed E-state index contributed by atoms with van der Waals surface area (Å²) in [6, 6.07) is 9.20. The van der Waals surface area contributed by atoms with Gasteiger partial charge in [-0.2, -0.15) is 8.42 Å². The lowest BCUT2D eigenvalue weighted by molar-refractivity contribution is 0.102. The first-order valence-electron chi connectivity index (χ1n) is 5.62. The summed E-state index contributed by atoms with van der Waals surface area (Å²) >= 11 is 3.07. The third kappa shape index (κ3) is 3.59. The van der Waals surface area contributed by atoms with Crippen LogP contribution in [0.5, 0.6) is 5.75 Å². The molecule has 0 saturated heterocycles. The Morgan fingerprint density at radius 1 is 1.19 bits per heavy atom. The molecule has 0 aliphatic rings. The highest BCUT2D eigenvalue weighted by atomic mass is 79.9. The Balaban J connectivity index is 2.34.